The maximum absolute atomic E-state index is 11.6. The zero-order chi connectivity index (χ0) is 11.8. The summed E-state index contributed by atoms with van der Waals surface area (Å²) < 4.78 is 0. The third-order valence-electron chi connectivity index (χ3n) is 2.35. The Morgan fingerprint density at radius 1 is 1.56 bits per heavy atom. The molecule has 0 atom stereocenters. The number of likely N-dealkylation sites (N-methyl/N-ethyl adjacent to an activating group) is 1. The first-order chi connectivity index (χ1) is 7.72. The lowest BCUT2D eigenvalue weighted by molar-refractivity contribution is -0.122. The standard InChI is InChI=1S/C12H20N2OS/c1-3-4-7-14(2)10-12(15)13-9-11-6-5-8-16-11/h5-6,8H,3-4,7,9-10H2,1-2H3,(H,13,15). The highest BCUT2D eigenvalue weighted by molar-refractivity contribution is 7.09. The van der Waals surface area contributed by atoms with Gasteiger partial charge in [-0.15, -0.1) is 11.3 Å². The second kappa shape index (κ2) is 7.41. The minimum atomic E-state index is 0.104. The molecular formula is C12H20N2OS. The number of hydrogen-bond donors (Lipinski definition) is 1. The number of amides is 1. The number of hydrogen-bond acceptors (Lipinski definition) is 3. The van der Waals surface area contributed by atoms with E-state index >= 15 is 0 Å². The van der Waals surface area contributed by atoms with Crippen molar-refractivity contribution in [3.05, 3.63) is 22.4 Å². The van der Waals surface area contributed by atoms with Crippen molar-refractivity contribution in [3.8, 4) is 0 Å². The van der Waals surface area contributed by atoms with Gasteiger partial charge in [-0.3, -0.25) is 9.69 Å². The van der Waals surface area contributed by atoms with Crippen molar-refractivity contribution in [1.82, 2.24) is 10.2 Å². The van der Waals surface area contributed by atoms with Crippen molar-refractivity contribution >= 4 is 17.2 Å². The molecule has 1 aromatic rings. The zero-order valence-electron chi connectivity index (χ0n) is 10.0. The molecule has 1 N–H and O–H groups in total. The number of carbonyl (C=O) groups excluding carboxylic acids is 1. The molecule has 0 aliphatic heterocycles. The van der Waals surface area contributed by atoms with E-state index < -0.39 is 0 Å². The van der Waals surface area contributed by atoms with E-state index in [1.807, 2.05) is 24.6 Å². The maximum atomic E-state index is 11.6. The Kier molecular flexibility index (Phi) is 6.11. The minimum absolute atomic E-state index is 0.104. The predicted octanol–water partition coefficient (Wildman–Crippen LogP) is 2.10. The van der Waals surface area contributed by atoms with Crippen molar-refractivity contribution in [2.24, 2.45) is 0 Å². The topological polar surface area (TPSA) is 32.3 Å². The molecule has 0 saturated heterocycles. The molecule has 1 heterocycles. The average Bonchev–Trinajstić information content (AvgIpc) is 2.76. The molecule has 3 nitrogen and oxygen atoms in total. The van der Waals surface area contributed by atoms with Gasteiger partial charge in [-0.25, -0.2) is 0 Å². The summed E-state index contributed by atoms with van der Waals surface area (Å²) in [5.74, 6) is 0.104. The lowest BCUT2D eigenvalue weighted by Gasteiger charge is -2.15. The van der Waals surface area contributed by atoms with Crippen molar-refractivity contribution in [1.29, 1.82) is 0 Å². The minimum Gasteiger partial charge on any atom is -0.350 e. The van der Waals surface area contributed by atoms with Crippen LogP contribution in [0.2, 0.25) is 0 Å². The summed E-state index contributed by atoms with van der Waals surface area (Å²) in [5, 5.41) is 4.94. The van der Waals surface area contributed by atoms with Gasteiger partial charge in [0.15, 0.2) is 0 Å². The molecule has 0 aromatic carbocycles. The fraction of sp³-hybridized carbons (Fsp3) is 0.583. The van der Waals surface area contributed by atoms with Crippen LogP contribution in [0.3, 0.4) is 0 Å². The maximum Gasteiger partial charge on any atom is 0.234 e. The van der Waals surface area contributed by atoms with Gasteiger partial charge in [0.25, 0.3) is 0 Å². The van der Waals surface area contributed by atoms with Crippen molar-refractivity contribution in [2.75, 3.05) is 20.1 Å². The number of nitrogens with one attached hydrogen (secondary N) is 1. The Bertz CT molecular complexity index is 298. The highest BCUT2D eigenvalue weighted by atomic mass is 32.1. The van der Waals surface area contributed by atoms with Gasteiger partial charge in [-0.05, 0) is 31.5 Å². The van der Waals surface area contributed by atoms with Crippen LogP contribution in [-0.2, 0) is 11.3 Å². The Balaban J connectivity index is 2.15. The van der Waals surface area contributed by atoms with Gasteiger partial charge in [-0.1, -0.05) is 19.4 Å². The second-order valence-corrected chi connectivity index (χ2v) is 4.98. The highest BCUT2D eigenvalue weighted by Crippen LogP contribution is 2.07. The van der Waals surface area contributed by atoms with Crippen LogP contribution in [0.25, 0.3) is 0 Å². The molecule has 0 saturated carbocycles. The summed E-state index contributed by atoms with van der Waals surface area (Å²) >= 11 is 1.67. The fourth-order valence-electron chi connectivity index (χ4n) is 1.41. The van der Waals surface area contributed by atoms with Gasteiger partial charge in [0.2, 0.25) is 5.91 Å². The summed E-state index contributed by atoms with van der Waals surface area (Å²) in [5.41, 5.74) is 0. The predicted molar refractivity (Wildman–Crippen MR) is 68.6 cm³/mol. The summed E-state index contributed by atoms with van der Waals surface area (Å²) in [6.07, 6.45) is 2.32. The highest BCUT2D eigenvalue weighted by Gasteiger charge is 2.05. The largest absolute Gasteiger partial charge is 0.350 e. The molecule has 90 valence electrons. The quantitative estimate of drug-likeness (QED) is 0.791. The second-order valence-electron chi connectivity index (χ2n) is 3.95. The zero-order valence-corrected chi connectivity index (χ0v) is 10.8. The van der Waals surface area contributed by atoms with Crippen LogP contribution < -0.4 is 5.32 Å². The number of unbranched alkanes of at least 4 members (excludes halogenated alkanes) is 1. The third-order valence-corrected chi connectivity index (χ3v) is 3.22. The van der Waals surface area contributed by atoms with Crippen LogP contribution in [0.5, 0.6) is 0 Å². The molecule has 0 radical (unpaired) electrons. The molecule has 0 aliphatic rings. The number of thiophene rings is 1. The molecule has 16 heavy (non-hydrogen) atoms. The van der Waals surface area contributed by atoms with Crippen LogP contribution in [0.15, 0.2) is 17.5 Å². The fourth-order valence-corrected chi connectivity index (χ4v) is 2.05. The molecule has 1 aromatic heterocycles. The summed E-state index contributed by atoms with van der Waals surface area (Å²) in [7, 11) is 1.99. The molecule has 0 bridgehead atoms. The SMILES string of the molecule is CCCCN(C)CC(=O)NCc1cccs1. The summed E-state index contributed by atoms with van der Waals surface area (Å²) in [4.78, 5) is 14.8. The smallest absolute Gasteiger partial charge is 0.234 e. The number of carbonyl (C=O) groups is 1. The van der Waals surface area contributed by atoms with Gasteiger partial charge < -0.3 is 5.32 Å². The van der Waals surface area contributed by atoms with Crippen molar-refractivity contribution in [3.63, 3.8) is 0 Å². The number of rotatable bonds is 7. The third kappa shape index (κ3) is 5.28. The van der Waals surface area contributed by atoms with Crippen LogP contribution in [0, 0.1) is 0 Å². The average molecular weight is 240 g/mol. The summed E-state index contributed by atoms with van der Waals surface area (Å²) in [6.45, 7) is 4.29. The molecular weight excluding hydrogens is 220 g/mol. The molecule has 0 fully saturated rings. The first-order valence-corrected chi connectivity index (χ1v) is 6.58. The molecule has 0 spiro atoms. The molecule has 0 aliphatic carbocycles. The molecule has 4 heteroatoms. The van der Waals surface area contributed by atoms with Crippen LogP contribution >= 0.6 is 11.3 Å². The van der Waals surface area contributed by atoms with Crippen molar-refractivity contribution < 1.29 is 4.79 Å². The van der Waals surface area contributed by atoms with Gasteiger partial charge in [0.1, 0.15) is 0 Å². The van der Waals surface area contributed by atoms with E-state index in [4.69, 9.17) is 0 Å². The van der Waals surface area contributed by atoms with E-state index in [0.29, 0.717) is 13.1 Å². The van der Waals surface area contributed by atoms with Gasteiger partial charge in [0.05, 0.1) is 13.1 Å². The first-order valence-electron chi connectivity index (χ1n) is 5.70. The van der Waals surface area contributed by atoms with E-state index in [9.17, 15) is 4.79 Å². The van der Waals surface area contributed by atoms with Gasteiger partial charge >= 0.3 is 0 Å². The van der Waals surface area contributed by atoms with Crippen molar-refractivity contribution in [2.45, 2.75) is 26.3 Å². The van der Waals surface area contributed by atoms with E-state index in [2.05, 4.69) is 17.1 Å². The molecule has 1 rings (SSSR count). The van der Waals surface area contributed by atoms with Crippen LogP contribution in [0.4, 0.5) is 0 Å². The number of nitrogens with zero attached hydrogens (tertiary/aromatic N) is 1. The Labute approximate surface area is 101 Å². The summed E-state index contributed by atoms with van der Waals surface area (Å²) in [6, 6.07) is 4.03. The monoisotopic (exact) mass is 240 g/mol. The Morgan fingerprint density at radius 3 is 3.00 bits per heavy atom. The van der Waals surface area contributed by atoms with E-state index in [-0.39, 0.29) is 5.91 Å². The Morgan fingerprint density at radius 2 is 2.38 bits per heavy atom. The molecule has 1 amide bonds. The lowest BCUT2D eigenvalue weighted by atomic mass is 10.3. The van der Waals surface area contributed by atoms with E-state index in [1.54, 1.807) is 11.3 Å². The van der Waals surface area contributed by atoms with Crippen LogP contribution in [-0.4, -0.2) is 30.9 Å². The lowest BCUT2D eigenvalue weighted by Crippen LogP contribution is -2.35. The van der Waals surface area contributed by atoms with E-state index in [0.717, 1.165) is 13.0 Å². The van der Waals surface area contributed by atoms with Gasteiger partial charge in [-0.2, -0.15) is 0 Å². The normalized spacial score (nSPS) is 10.7. The Hall–Kier alpha value is -0.870. The van der Waals surface area contributed by atoms with Gasteiger partial charge in [0, 0.05) is 4.88 Å². The first kappa shape index (κ1) is 13.2. The van der Waals surface area contributed by atoms with Crippen LogP contribution in [0.1, 0.15) is 24.6 Å². The molecule has 0 unspecified atom stereocenters. The van der Waals surface area contributed by atoms with E-state index in [1.165, 1.54) is 11.3 Å².